The monoisotopic (exact) mass is 252 g/mol. The van der Waals surface area contributed by atoms with Crippen LogP contribution in [0.1, 0.15) is 34.1 Å². The maximum absolute atomic E-state index is 4.52. The molecule has 0 saturated carbocycles. The molecule has 2 aromatic rings. The topological polar surface area (TPSA) is 24.9 Å². The molecule has 1 N–H and O–H groups in total. The van der Waals surface area contributed by atoms with Gasteiger partial charge in [-0.3, -0.25) is 0 Å². The Morgan fingerprint density at radius 3 is 2.81 bits per heavy atom. The molecule has 86 valence electrons. The second kappa shape index (κ2) is 5.08. The van der Waals surface area contributed by atoms with E-state index < -0.39 is 0 Å². The Hall–Kier alpha value is -0.710. The van der Waals surface area contributed by atoms with Crippen molar-refractivity contribution < 1.29 is 0 Å². The Morgan fingerprint density at radius 2 is 2.25 bits per heavy atom. The van der Waals surface area contributed by atoms with Crippen molar-refractivity contribution in [1.82, 2.24) is 10.3 Å². The Kier molecular flexibility index (Phi) is 3.74. The van der Waals surface area contributed by atoms with E-state index in [0.717, 1.165) is 11.6 Å². The highest BCUT2D eigenvalue weighted by atomic mass is 32.1. The van der Waals surface area contributed by atoms with Gasteiger partial charge in [0.1, 0.15) is 0 Å². The number of hydrogen-bond acceptors (Lipinski definition) is 4. The van der Waals surface area contributed by atoms with Crippen LogP contribution >= 0.6 is 22.7 Å². The molecule has 0 aliphatic rings. The second-order valence-corrected chi connectivity index (χ2v) is 6.08. The van der Waals surface area contributed by atoms with Gasteiger partial charge in [0.15, 0.2) is 0 Å². The third kappa shape index (κ3) is 2.70. The molecule has 0 aliphatic heterocycles. The summed E-state index contributed by atoms with van der Waals surface area (Å²) in [4.78, 5) is 5.84. The molecule has 0 aliphatic carbocycles. The molecule has 0 fully saturated rings. The molecule has 1 unspecified atom stereocenters. The fraction of sp³-hybridized carbons (Fsp3) is 0.417. The van der Waals surface area contributed by atoms with Crippen LogP contribution in [0.3, 0.4) is 0 Å². The quantitative estimate of drug-likeness (QED) is 0.898. The number of aryl methyl sites for hydroxylation is 2. The third-order valence-electron chi connectivity index (χ3n) is 2.62. The summed E-state index contributed by atoms with van der Waals surface area (Å²) in [6, 6.07) is 2.56. The molecule has 2 heterocycles. The minimum atomic E-state index is 0.396. The lowest BCUT2D eigenvalue weighted by molar-refractivity contribution is 0.569. The SMILES string of the molecule is Cc1nc(CNC(C)c2ccsc2)c(C)s1. The van der Waals surface area contributed by atoms with Crippen molar-refractivity contribution in [2.75, 3.05) is 0 Å². The maximum atomic E-state index is 4.52. The van der Waals surface area contributed by atoms with Crippen molar-refractivity contribution in [2.45, 2.75) is 33.4 Å². The molecular weight excluding hydrogens is 236 g/mol. The molecule has 2 aromatic heterocycles. The van der Waals surface area contributed by atoms with Crippen molar-refractivity contribution >= 4 is 22.7 Å². The zero-order valence-electron chi connectivity index (χ0n) is 9.78. The van der Waals surface area contributed by atoms with E-state index in [1.54, 1.807) is 22.7 Å². The van der Waals surface area contributed by atoms with E-state index in [4.69, 9.17) is 0 Å². The molecule has 0 aromatic carbocycles. The first-order valence-corrected chi connectivity index (χ1v) is 7.11. The smallest absolute Gasteiger partial charge is 0.0900 e. The summed E-state index contributed by atoms with van der Waals surface area (Å²) >= 11 is 3.51. The highest BCUT2D eigenvalue weighted by Gasteiger charge is 2.08. The number of thiazole rings is 1. The molecule has 2 nitrogen and oxygen atoms in total. The minimum absolute atomic E-state index is 0.396. The Labute approximate surface area is 104 Å². The summed E-state index contributed by atoms with van der Waals surface area (Å²) < 4.78 is 0. The van der Waals surface area contributed by atoms with Gasteiger partial charge in [0, 0.05) is 17.5 Å². The Balaban J connectivity index is 1.95. The molecule has 1 atom stereocenters. The maximum Gasteiger partial charge on any atom is 0.0900 e. The Bertz CT molecular complexity index is 446. The highest BCUT2D eigenvalue weighted by Crippen LogP contribution is 2.19. The standard InChI is InChI=1S/C12H16N2S2/c1-8(11-4-5-15-7-11)13-6-12-9(2)16-10(3)14-12/h4-5,7-8,13H,6H2,1-3H3. The van der Waals surface area contributed by atoms with Crippen LogP contribution in [0.5, 0.6) is 0 Å². The summed E-state index contributed by atoms with van der Waals surface area (Å²) in [6.07, 6.45) is 0. The molecule has 0 saturated heterocycles. The fourth-order valence-corrected chi connectivity index (χ4v) is 3.21. The average Bonchev–Trinajstić information content (AvgIpc) is 2.84. The lowest BCUT2D eigenvalue weighted by Gasteiger charge is -2.11. The zero-order valence-corrected chi connectivity index (χ0v) is 11.4. The van der Waals surface area contributed by atoms with Gasteiger partial charge < -0.3 is 5.32 Å². The van der Waals surface area contributed by atoms with Crippen LogP contribution in [0.25, 0.3) is 0 Å². The first-order chi connectivity index (χ1) is 7.66. The van der Waals surface area contributed by atoms with Gasteiger partial charge in [0.25, 0.3) is 0 Å². The summed E-state index contributed by atoms with van der Waals surface area (Å²) in [7, 11) is 0. The van der Waals surface area contributed by atoms with E-state index in [1.165, 1.54) is 16.1 Å². The normalized spacial score (nSPS) is 12.9. The number of nitrogens with one attached hydrogen (secondary N) is 1. The lowest BCUT2D eigenvalue weighted by Crippen LogP contribution is -2.18. The van der Waals surface area contributed by atoms with Crippen molar-refractivity contribution in [2.24, 2.45) is 0 Å². The van der Waals surface area contributed by atoms with E-state index >= 15 is 0 Å². The van der Waals surface area contributed by atoms with Crippen LogP contribution in [0.15, 0.2) is 16.8 Å². The fourth-order valence-electron chi connectivity index (χ4n) is 1.63. The number of aromatic nitrogens is 1. The predicted molar refractivity (Wildman–Crippen MR) is 71.2 cm³/mol. The lowest BCUT2D eigenvalue weighted by atomic mass is 10.2. The molecule has 4 heteroatoms. The largest absolute Gasteiger partial charge is 0.304 e. The summed E-state index contributed by atoms with van der Waals surface area (Å²) in [5.74, 6) is 0. The van der Waals surface area contributed by atoms with E-state index in [-0.39, 0.29) is 0 Å². The van der Waals surface area contributed by atoms with E-state index in [9.17, 15) is 0 Å². The first kappa shape index (κ1) is 11.8. The van der Waals surface area contributed by atoms with Crippen molar-refractivity contribution in [1.29, 1.82) is 0 Å². The van der Waals surface area contributed by atoms with Crippen molar-refractivity contribution in [3.8, 4) is 0 Å². The van der Waals surface area contributed by atoms with Crippen LogP contribution in [0.2, 0.25) is 0 Å². The minimum Gasteiger partial charge on any atom is -0.304 e. The van der Waals surface area contributed by atoms with Gasteiger partial charge in [-0.05, 0) is 43.2 Å². The van der Waals surface area contributed by atoms with Crippen LogP contribution in [-0.2, 0) is 6.54 Å². The predicted octanol–water partition coefficient (Wildman–Crippen LogP) is 3.67. The number of nitrogens with zero attached hydrogens (tertiary/aromatic N) is 1. The van der Waals surface area contributed by atoms with Gasteiger partial charge in [-0.1, -0.05) is 0 Å². The van der Waals surface area contributed by atoms with E-state index in [0.29, 0.717) is 6.04 Å². The van der Waals surface area contributed by atoms with Crippen LogP contribution in [-0.4, -0.2) is 4.98 Å². The van der Waals surface area contributed by atoms with Gasteiger partial charge >= 0.3 is 0 Å². The third-order valence-corrected chi connectivity index (χ3v) is 4.25. The summed E-state index contributed by atoms with van der Waals surface area (Å²) in [5, 5.41) is 8.96. The number of rotatable bonds is 4. The van der Waals surface area contributed by atoms with Gasteiger partial charge in [0.2, 0.25) is 0 Å². The first-order valence-electron chi connectivity index (χ1n) is 5.35. The molecule has 0 amide bonds. The summed E-state index contributed by atoms with van der Waals surface area (Å²) in [6.45, 7) is 7.24. The summed E-state index contributed by atoms with van der Waals surface area (Å²) in [5.41, 5.74) is 2.54. The van der Waals surface area contributed by atoms with Gasteiger partial charge in [0.05, 0.1) is 10.7 Å². The van der Waals surface area contributed by atoms with Gasteiger partial charge in [-0.2, -0.15) is 11.3 Å². The molecule has 0 radical (unpaired) electrons. The molecule has 16 heavy (non-hydrogen) atoms. The average molecular weight is 252 g/mol. The van der Waals surface area contributed by atoms with Gasteiger partial charge in [-0.25, -0.2) is 4.98 Å². The van der Waals surface area contributed by atoms with Crippen molar-refractivity contribution in [3.63, 3.8) is 0 Å². The number of hydrogen-bond donors (Lipinski definition) is 1. The van der Waals surface area contributed by atoms with Gasteiger partial charge in [-0.15, -0.1) is 11.3 Å². The highest BCUT2D eigenvalue weighted by molar-refractivity contribution is 7.11. The van der Waals surface area contributed by atoms with Crippen LogP contribution in [0, 0.1) is 13.8 Å². The Morgan fingerprint density at radius 1 is 1.44 bits per heavy atom. The van der Waals surface area contributed by atoms with Crippen molar-refractivity contribution in [3.05, 3.63) is 38.0 Å². The van der Waals surface area contributed by atoms with E-state index in [2.05, 4.69) is 47.9 Å². The van der Waals surface area contributed by atoms with Crippen LogP contribution < -0.4 is 5.32 Å². The number of thiophene rings is 1. The molecule has 2 rings (SSSR count). The van der Waals surface area contributed by atoms with Crippen LogP contribution in [0.4, 0.5) is 0 Å². The molecular formula is C12H16N2S2. The van der Waals surface area contributed by atoms with E-state index in [1.807, 2.05) is 0 Å². The second-order valence-electron chi connectivity index (χ2n) is 3.90. The molecule has 0 spiro atoms. The zero-order chi connectivity index (χ0) is 11.5. The molecule has 0 bridgehead atoms.